The van der Waals surface area contributed by atoms with Crippen LogP contribution in [0.3, 0.4) is 0 Å². The highest BCUT2D eigenvalue weighted by Crippen LogP contribution is 2.34. The number of rotatable bonds is 4. The average molecular weight is 348 g/mol. The van der Waals surface area contributed by atoms with Crippen molar-refractivity contribution in [3.05, 3.63) is 33.9 Å². The first-order valence-corrected chi connectivity index (χ1v) is 8.53. The number of morpholine rings is 1. The summed E-state index contributed by atoms with van der Waals surface area (Å²) >= 11 is 0. The van der Waals surface area contributed by atoms with Crippen LogP contribution in [0.1, 0.15) is 24.2 Å². The summed E-state index contributed by atoms with van der Waals surface area (Å²) in [5.74, 6) is -0.303. The Labute approximate surface area is 146 Å². The number of carbonyl (C=O) groups excluding carboxylic acids is 1. The molecule has 0 aromatic heterocycles. The van der Waals surface area contributed by atoms with Crippen LogP contribution in [-0.2, 0) is 4.74 Å². The van der Waals surface area contributed by atoms with E-state index in [-0.39, 0.29) is 29.8 Å². The van der Waals surface area contributed by atoms with E-state index in [4.69, 9.17) is 4.74 Å². The van der Waals surface area contributed by atoms with Gasteiger partial charge in [-0.1, -0.05) is 0 Å². The fraction of sp³-hybridized carbons (Fsp3) is 0.588. The number of nitrogens with one attached hydrogen (secondary N) is 1. The summed E-state index contributed by atoms with van der Waals surface area (Å²) < 4.78 is 5.81. The largest absolute Gasteiger partial charge is 0.373 e. The molecule has 0 saturated carbocycles. The normalized spacial score (nSPS) is 23.6. The first kappa shape index (κ1) is 17.6. The van der Waals surface area contributed by atoms with Crippen molar-refractivity contribution in [1.29, 1.82) is 0 Å². The molecule has 1 amide bonds. The second-order valence-electron chi connectivity index (χ2n) is 6.95. The number of nitro benzene ring substituents is 1. The van der Waals surface area contributed by atoms with Crippen LogP contribution in [0.5, 0.6) is 0 Å². The summed E-state index contributed by atoms with van der Waals surface area (Å²) in [6.07, 6.45) is 0.0577. The van der Waals surface area contributed by atoms with Gasteiger partial charge in [0.15, 0.2) is 0 Å². The molecule has 0 aliphatic carbocycles. The van der Waals surface area contributed by atoms with Crippen LogP contribution in [0.4, 0.5) is 11.4 Å². The number of likely N-dealkylation sites (N-methyl/N-ethyl adjacent to an activating group) is 1. The van der Waals surface area contributed by atoms with Gasteiger partial charge in [0.1, 0.15) is 5.69 Å². The van der Waals surface area contributed by atoms with Gasteiger partial charge >= 0.3 is 0 Å². The molecule has 0 spiro atoms. The Hall–Kier alpha value is -2.19. The number of amides is 1. The van der Waals surface area contributed by atoms with Gasteiger partial charge < -0.3 is 15.0 Å². The van der Waals surface area contributed by atoms with E-state index in [9.17, 15) is 14.9 Å². The molecule has 8 nitrogen and oxygen atoms in total. The molecule has 1 N–H and O–H groups in total. The van der Waals surface area contributed by atoms with E-state index < -0.39 is 4.92 Å². The minimum Gasteiger partial charge on any atom is -0.373 e. The molecule has 3 rings (SSSR count). The lowest BCUT2D eigenvalue weighted by Gasteiger charge is -2.33. The van der Waals surface area contributed by atoms with E-state index in [0.717, 1.165) is 6.54 Å². The number of anilines is 1. The third kappa shape index (κ3) is 3.59. The zero-order valence-corrected chi connectivity index (χ0v) is 14.8. The first-order chi connectivity index (χ1) is 11.9. The number of nitrogens with zero attached hydrogens (tertiary/aromatic N) is 3. The highest BCUT2D eigenvalue weighted by Gasteiger charge is 2.40. The molecular weight excluding hydrogens is 324 g/mol. The fourth-order valence-corrected chi connectivity index (χ4v) is 3.48. The molecule has 2 unspecified atom stereocenters. The molecule has 2 saturated heterocycles. The third-order valence-corrected chi connectivity index (χ3v) is 4.77. The van der Waals surface area contributed by atoms with E-state index >= 15 is 0 Å². The van der Waals surface area contributed by atoms with Crippen molar-refractivity contribution in [1.82, 2.24) is 10.2 Å². The number of benzene rings is 1. The van der Waals surface area contributed by atoms with Crippen LogP contribution in [0.15, 0.2) is 18.2 Å². The molecule has 2 aliphatic heterocycles. The van der Waals surface area contributed by atoms with Gasteiger partial charge in [-0.2, -0.15) is 0 Å². The molecule has 2 heterocycles. The minimum absolute atomic E-state index is 0.0272. The molecule has 136 valence electrons. The molecule has 0 radical (unpaired) electrons. The maximum Gasteiger partial charge on any atom is 0.293 e. The topological polar surface area (TPSA) is 88.0 Å². The van der Waals surface area contributed by atoms with Crippen LogP contribution in [-0.4, -0.2) is 67.2 Å². The summed E-state index contributed by atoms with van der Waals surface area (Å²) in [4.78, 5) is 27.5. The second-order valence-corrected chi connectivity index (χ2v) is 6.95. The van der Waals surface area contributed by atoms with Crippen LogP contribution >= 0.6 is 0 Å². The minimum atomic E-state index is -0.423. The van der Waals surface area contributed by atoms with E-state index in [1.54, 1.807) is 12.1 Å². The molecule has 1 aromatic carbocycles. The van der Waals surface area contributed by atoms with Gasteiger partial charge in [0.2, 0.25) is 0 Å². The standard InChI is InChI=1S/C17H24N4O4/c1-11(2)18-17(22)12-4-5-13(14(8-12)21(23)24)20-9-15-16(10-20)25-7-6-19(15)3/h4-5,8,11,15-16H,6-7,9-10H2,1-3H3,(H,18,22). The van der Waals surface area contributed by atoms with Crippen molar-refractivity contribution >= 4 is 17.3 Å². The zero-order chi connectivity index (χ0) is 18.1. The number of fused-ring (bicyclic) bond motifs is 1. The zero-order valence-electron chi connectivity index (χ0n) is 14.8. The van der Waals surface area contributed by atoms with Crippen molar-refractivity contribution in [2.75, 3.05) is 38.2 Å². The number of hydrogen-bond donors (Lipinski definition) is 1. The van der Waals surface area contributed by atoms with Crippen molar-refractivity contribution in [3.63, 3.8) is 0 Å². The van der Waals surface area contributed by atoms with Crippen LogP contribution in [0.25, 0.3) is 0 Å². The highest BCUT2D eigenvalue weighted by molar-refractivity contribution is 5.96. The van der Waals surface area contributed by atoms with Crippen LogP contribution in [0, 0.1) is 10.1 Å². The summed E-state index contributed by atoms with van der Waals surface area (Å²) in [7, 11) is 2.05. The second kappa shape index (κ2) is 6.97. The Morgan fingerprint density at radius 3 is 2.80 bits per heavy atom. The lowest BCUT2D eigenvalue weighted by molar-refractivity contribution is -0.384. The van der Waals surface area contributed by atoms with Crippen molar-refractivity contribution in [3.8, 4) is 0 Å². The molecule has 2 fully saturated rings. The van der Waals surface area contributed by atoms with E-state index in [2.05, 4.69) is 17.3 Å². The van der Waals surface area contributed by atoms with Gasteiger partial charge in [-0.25, -0.2) is 0 Å². The quantitative estimate of drug-likeness (QED) is 0.651. The van der Waals surface area contributed by atoms with Crippen LogP contribution in [0.2, 0.25) is 0 Å². The molecule has 0 bridgehead atoms. The van der Waals surface area contributed by atoms with Gasteiger partial charge in [-0.15, -0.1) is 0 Å². The van der Waals surface area contributed by atoms with Gasteiger partial charge in [0.25, 0.3) is 11.6 Å². The molecule has 1 aromatic rings. The van der Waals surface area contributed by atoms with E-state index in [0.29, 0.717) is 30.9 Å². The van der Waals surface area contributed by atoms with Gasteiger partial charge in [0, 0.05) is 37.3 Å². The number of ether oxygens (including phenoxy) is 1. The Balaban J connectivity index is 1.86. The Morgan fingerprint density at radius 2 is 2.16 bits per heavy atom. The predicted molar refractivity (Wildman–Crippen MR) is 94.1 cm³/mol. The highest BCUT2D eigenvalue weighted by atomic mass is 16.6. The maximum atomic E-state index is 12.1. The lowest BCUT2D eigenvalue weighted by Crippen LogP contribution is -2.48. The van der Waals surface area contributed by atoms with E-state index in [1.165, 1.54) is 6.07 Å². The maximum absolute atomic E-state index is 12.1. The monoisotopic (exact) mass is 348 g/mol. The Bertz CT molecular complexity index is 679. The van der Waals surface area contributed by atoms with Crippen molar-refractivity contribution in [2.24, 2.45) is 0 Å². The summed E-state index contributed by atoms with van der Waals surface area (Å²) in [5.41, 5.74) is 0.796. The summed E-state index contributed by atoms with van der Waals surface area (Å²) in [5, 5.41) is 14.3. The molecule has 8 heteroatoms. The van der Waals surface area contributed by atoms with Gasteiger partial charge in [-0.3, -0.25) is 19.8 Å². The molecule has 2 aliphatic rings. The summed E-state index contributed by atoms with van der Waals surface area (Å²) in [6, 6.07) is 4.88. The van der Waals surface area contributed by atoms with E-state index in [1.807, 2.05) is 18.7 Å². The number of carbonyl (C=O) groups is 1. The van der Waals surface area contributed by atoms with Gasteiger partial charge in [-0.05, 0) is 33.0 Å². The molecule has 25 heavy (non-hydrogen) atoms. The average Bonchev–Trinajstić information content (AvgIpc) is 2.99. The smallest absolute Gasteiger partial charge is 0.293 e. The van der Waals surface area contributed by atoms with Crippen molar-refractivity contribution in [2.45, 2.75) is 32.0 Å². The molecular formula is C17H24N4O4. The number of hydrogen-bond acceptors (Lipinski definition) is 6. The van der Waals surface area contributed by atoms with Crippen LogP contribution < -0.4 is 10.2 Å². The van der Waals surface area contributed by atoms with Crippen molar-refractivity contribution < 1.29 is 14.5 Å². The Morgan fingerprint density at radius 1 is 1.40 bits per heavy atom. The fourth-order valence-electron chi connectivity index (χ4n) is 3.48. The predicted octanol–water partition coefficient (Wildman–Crippen LogP) is 1.25. The van der Waals surface area contributed by atoms with Gasteiger partial charge in [0.05, 0.1) is 23.7 Å². The summed E-state index contributed by atoms with van der Waals surface area (Å²) in [6.45, 7) is 6.55. The lowest BCUT2D eigenvalue weighted by atomic mass is 10.1. The molecule has 2 atom stereocenters. The SMILES string of the molecule is CC(C)NC(=O)c1ccc(N2CC3OCCN(C)C3C2)c([N+](=O)[O-])c1. The third-order valence-electron chi connectivity index (χ3n) is 4.77. The first-order valence-electron chi connectivity index (χ1n) is 8.53. The number of nitro groups is 1. The Kier molecular flexibility index (Phi) is 4.91.